The Hall–Kier alpha value is -4.42. The van der Waals surface area contributed by atoms with Crippen LogP contribution in [0, 0.1) is 12.3 Å². The molecule has 0 bridgehead atoms. The highest BCUT2D eigenvalue weighted by molar-refractivity contribution is 7.98. The number of aromatic amines is 1. The quantitative estimate of drug-likeness (QED) is 0.101. The normalized spacial score (nSPS) is 11.6. The number of rotatable bonds is 9. The summed E-state index contributed by atoms with van der Waals surface area (Å²) < 4.78 is 34.0. The third-order valence-corrected chi connectivity index (χ3v) is 9.17. The van der Waals surface area contributed by atoms with Gasteiger partial charge in [0.05, 0.1) is 29.3 Å². The van der Waals surface area contributed by atoms with E-state index in [1.807, 2.05) is 12.1 Å². The number of thioether (sulfide) groups is 1. The van der Waals surface area contributed by atoms with Crippen molar-refractivity contribution in [3.63, 3.8) is 0 Å². The average molecular weight is 575 g/mol. The van der Waals surface area contributed by atoms with E-state index in [-0.39, 0.29) is 10.7 Å². The van der Waals surface area contributed by atoms with Gasteiger partial charge in [-0.05, 0) is 36.8 Å². The van der Waals surface area contributed by atoms with Gasteiger partial charge < -0.3 is 15.5 Å². The van der Waals surface area contributed by atoms with Gasteiger partial charge in [-0.25, -0.2) is 13.4 Å². The first-order valence-electron chi connectivity index (χ1n) is 12.2. The Bertz CT molecular complexity index is 1850. The second kappa shape index (κ2) is 11.0. The number of pyridine rings is 1. The number of nitrogen functional groups attached to an aromatic ring is 1. The molecule has 0 aliphatic heterocycles. The van der Waals surface area contributed by atoms with E-state index in [9.17, 15) is 13.2 Å². The molecule has 0 fully saturated rings. The number of sulfonamides is 1. The molecule has 12 heteroatoms. The monoisotopic (exact) mass is 574 g/mol. The number of hydrogen-bond acceptors (Lipinski definition) is 8. The number of methoxy groups -OCH3 is 1. The summed E-state index contributed by atoms with van der Waals surface area (Å²) in [5.41, 5.74) is 9.77. The maximum Gasteiger partial charge on any atom is 0.326 e. The molecule has 2 heterocycles. The number of anilines is 1. The third kappa shape index (κ3) is 5.23. The van der Waals surface area contributed by atoms with Crippen molar-refractivity contribution in [2.45, 2.75) is 22.7 Å². The lowest BCUT2D eigenvalue weighted by atomic mass is 10.1. The number of hydrogen-bond donors (Lipinski definition) is 3. The molecule has 0 aliphatic rings. The number of amidine groups is 1. The van der Waals surface area contributed by atoms with E-state index in [0.717, 1.165) is 15.4 Å². The van der Waals surface area contributed by atoms with Gasteiger partial charge in [-0.3, -0.25) is 19.5 Å². The number of nitrogens with one attached hydrogen (secondary N) is 2. The number of ether oxygens (including phenoxy) is 1. The maximum absolute atomic E-state index is 14.0. The van der Waals surface area contributed by atoms with Gasteiger partial charge in [-0.2, -0.15) is 0 Å². The van der Waals surface area contributed by atoms with Crippen LogP contribution < -0.4 is 10.0 Å². The summed E-state index contributed by atoms with van der Waals surface area (Å²) in [6.45, 7) is 1.26. The van der Waals surface area contributed by atoms with Crippen molar-refractivity contribution >= 4 is 61.2 Å². The van der Waals surface area contributed by atoms with Crippen LogP contribution in [0.15, 0.2) is 83.0 Å². The van der Waals surface area contributed by atoms with E-state index in [2.05, 4.69) is 9.97 Å². The zero-order chi connectivity index (χ0) is 28.4. The first-order chi connectivity index (χ1) is 19.2. The number of para-hydroxylation sites is 1. The van der Waals surface area contributed by atoms with Crippen molar-refractivity contribution in [2.24, 2.45) is 5.73 Å². The molecule has 0 saturated carbocycles. The molecule has 0 saturated heterocycles. The summed E-state index contributed by atoms with van der Waals surface area (Å²) in [7, 11) is -3.01. The lowest BCUT2D eigenvalue weighted by Gasteiger charge is -2.25. The Morgan fingerprint density at radius 3 is 2.55 bits per heavy atom. The van der Waals surface area contributed by atoms with Crippen molar-refractivity contribution < 1.29 is 17.9 Å². The van der Waals surface area contributed by atoms with Crippen LogP contribution >= 0.6 is 11.8 Å². The number of aromatic nitrogens is 3. The van der Waals surface area contributed by atoms with Gasteiger partial charge in [0.2, 0.25) is 0 Å². The van der Waals surface area contributed by atoms with Crippen molar-refractivity contribution in [1.82, 2.24) is 15.0 Å². The fourth-order valence-corrected chi connectivity index (χ4v) is 6.80. The van der Waals surface area contributed by atoms with Crippen LogP contribution in [0.2, 0.25) is 0 Å². The summed E-state index contributed by atoms with van der Waals surface area (Å²) in [5.74, 6) is -0.0611. The van der Waals surface area contributed by atoms with Gasteiger partial charge in [0, 0.05) is 28.5 Å². The summed E-state index contributed by atoms with van der Waals surface area (Å²) in [6, 6.07) is 19.3. The van der Waals surface area contributed by atoms with Crippen LogP contribution in [0.5, 0.6) is 0 Å². The van der Waals surface area contributed by atoms with Gasteiger partial charge in [-0.15, -0.1) is 0 Å². The molecule has 5 aromatic rings. The Balaban J connectivity index is 1.51. The molecule has 204 valence electrons. The van der Waals surface area contributed by atoms with Crippen molar-refractivity contribution in [3.8, 4) is 0 Å². The number of carbonyl (C=O) groups is 1. The van der Waals surface area contributed by atoms with Gasteiger partial charge in [0.1, 0.15) is 17.3 Å². The molecule has 0 amide bonds. The van der Waals surface area contributed by atoms with Gasteiger partial charge >= 0.3 is 5.97 Å². The van der Waals surface area contributed by atoms with Gasteiger partial charge in [0.25, 0.3) is 10.0 Å². The highest BCUT2D eigenvalue weighted by Crippen LogP contribution is 2.34. The van der Waals surface area contributed by atoms with Crippen LogP contribution in [0.1, 0.15) is 16.7 Å². The second-order valence-corrected chi connectivity index (χ2v) is 11.8. The largest absolute Gasteiger partial charge is 0.468 e. The lowest BCUT2D eigenvalue weighted by Crippen LogP contribution is -2.37. The number of aryl methyl sites for hydroxylation is 1. The number of fused-ring (bicyclic) bond motifs is 2. The molecule has 0 unspecified atom stereocenters. The molecule has 3 aromatic carbocycles. The molecule has 0 spiro atoms. The van der Waals surface area contributed by atoms with E-state index in [1.165, 1.54) is 31.1 Å². The fourth-order valence-electron chi connectivity index (χ4n) is 4.33. The molecule has 5 rings (SSSR count). The van der Waals surface area contributed by atoms with Crippen molar-refractivity contribution in [3.05, 3.63) is 89.6 Å². The summed E-state index contributed by atoms with van der Waals surface area (Å²) in [5, 5.41) is 8.86. The molecule has 0 aliphatic carbocycles. The van der Waals surface area contributed by atoms with E-state index >= 15 is 0 Å². The Kier molecular flexibility index (Phi) is 7.46. The smallest absolute Gasteiger partial charge is 0.326 e. The minimum absolute atomic E-state index is 0.0111. The first kappa shape index (κ1) is 27.2. The number of imidazole rings is 1. The Morgan fingerprint density at radius 1 is 1.07 bits per heavy atom. The minimum atomic E-state index is -4.22. The predicted molar refractivity (Wildman–Crippen MR) is 156 cm³/mol. The molecule has 2 aromatic heterocycles. The predicted octanol–water partition coefficient (Wildman–Crippen LogP) is 4.36. The van der Waals surface area contributed by atoms with Crippen LogP contribution in [0.3, 0.4) is 0 Å². The van der Waals surface area contributed by atoms with Gasteiger partial charge in [0.15, 0.2) is 5.16 Å². The Morgan fingerprint density at radius 2 is 1.82 bits per heavy atom. The molecular formula is C28H26N6O4S2. The fraction of sp³-hybridized carbons (Fsp3) is 0.143. The summed E-state index contributed by atoms with van der Waals surface area (Å²) in [4.78, 5) is 24.7. The van der Waals surface area contributed by atoms with Gasteiger partial charge in [-0.1, -0.05) is 54.2 Å². The number of H-pyrrole nitrogens is 1. The Labute approximate surface area is 235 Å². The third-order valence-electron chi connectivity index (χ3n) is 6.43. The van der Waals surface area contributed by atoms with E-state index in [0.29, 0.717) is 44.1 Å². The van der Waals surface area contributed by atoms with Crippen molar-refractivity contribution in [2.75, 3.05) is 18.0 Å². The highest BCUT2D eigenvalue weighted by atomic mass is 32.2. The zero-order valence-electron chi connectivity index (χ0n) is 21.7. The molecule has 4 N–H and O–H groups in total. The maximum atomic E-state index is 14.0. The van der Waals surface area contributed by atoms with Crippen molar-refractivity contribution in [1.29, 1.82) is 5.41 Å². The second-order valence-electron chi connectivity index (χ2n) is 8.97. The van der Waals surface area contributed by atoms with Crippen LogP contribution in [0.25, 0.3) is 21.9 Å². The molecular weight excluding hydrogens is 548 g/mol. The average Bonchev–Trinajstić information content (AvgIpc) is 3.39. The lowest BCUT2D eigenvalue weighted by molar-refractivity contribution is -0.138. The number of esters is 1. The highest BCUT2D eigenvalue weighted by Gasteiger charge is 2.31. The topological polar surface area (TPSA) is 155 Å². The summed E-state index contributed by atoms with van der Waals surface area (Å²) in [6.07, 6.45) is 1.53. The molecule has 0 atom stereocenters. The van der Waals surface area contributed by atoms with E-state index < -0.39 is 22.5 Å². The van der Waals surface area contributed by atoms with Crippen LogP contribution in [0.4, 0.5) is 5.69 Å². The van der Waals surface area contributed by atoms with E-state index in [1.54, 1.807) is 55.5 Å². The summed E-state index contributed by atoms with van der Waals surface area (Å²) >= 11 is 1.49. The molecule has 40 heavy (non-hydrogen) atoms. The zero-order valence-corrected chi connectivity index (χ0v) is 23.3. The number of nitrogens with two attached hydrogens (primary N) is 1. The number of carbonyl (C=O) groups excluding carboxylic acids is 1. The van der Waals surface area contributed by atoms with E-state index in [4.69, 9.17) is 20.9 Å². The minimum Gasteiger partial charge on any atom is -0.468 e. The molecule has 0 radical (unpaired) electrons. The number of benzene rings is 3. The standard InChI is InChI=1S/C28H26N6O4S2/c1-17-22(13-12-21-25(17)33-28(32-21)39-16-18-8-10-20(11-9-18)27(29)30)34(15-24(35)38-2)40(36,37)23-7-3-5-19-6-4-14-31-26(19)23/h3-14H,15-16H2,1-2H3,(H3,29,30)(H,32,33). The number of nitrogens with zero attached hydrogens (tertiary/aromatic N) is 3. The van der Waals surface area contributed by atoms with Crippen LogP contribution in [-0.2, 0) is 25.3 Å². The first-order valence-corrected chi connectivity index (χ1v) is 14.6. The molecule has 10 nitrogen and oxygen atoms in total. The SMILES string of the molecule is COC(=O)CN(c1ccc2[nH]c(SCc3ccc(C(=N)N)cc3)nc2c1C)S(=O)(=O)c1cccc2cccnc12. The van der Waals surface area contributed by atoms with Crippen LogP contribution in [-0.4, -0.2) is 48.8 Å².